The van der Waals surface area contributed by atoms with Crippen molar-refractivity contribution in [2.45, 2.75) is 5.33 Å². The van der Waals surface area contributed by atoms with Crippen molar-refractivity contribution < 1.29 is 8.81 Å². The molecule has 1 aromatic heterocycles. The van der Waals surface area contributed by atoms with E-state index < -0.39 is 5.82 Å². The monoisotopic (exact) mass is 332 g/mol. The Kier molecular flexibility index (Phi) is 3.40. The number of hydrogen-bond donors (Lipinski definition) is 0. The highest BCUT2D eigenvalue weighted by Gasteiger charge is 2.15. The minimum absolute atomic E-state index is 0.216. The van der Waals surface area contributed by atoms with E-state index in [9.17, 15) is 9.18 Å². The molecule has 0 amide bonds. The number of benzene rings is 2. The van der Waals surface area contributed by atoms with Crippen molar-refractivity contribution >= 4 is 26.9 Å². The molecule has 0 unspecified atom stereocenters. The van der Waals surface area contributed by atoms with E-state index in [4.69, 9.17) is 4.42 Å². The second kappa shape index (κ2) is 5.21. The second-order valence-electron chi connectivity index (χ2n) is 4.37. The molecule has 1 heterocycles. The molecule has 0 N–H and O–H groups in total. The van der Waals surface area contributed by atoms with Crippen molar-refractivity contribution in [3.8, 4) is 11.1 Å². The maximum Gasteiger partial charge on any atom is 0.200 e. The van der Waals surface area contributed by atoms with E-state index in [1.807, 2.05) is 30.3 Å². The third-order valence-corrected chi connectivity index (χ3v) is 3.62. The summed E-state index contributed by atoms with van der Waals surface area (Å²) in [6.45, 7) is 0. The Bertz CT molecular complexity index is 825. The molecule has 2 aromatic carbocycles. The largest absolute Gasteiger partial charge is 0.459 e. The quantitative estimate of drug-likeness (QED) is 0.647. The summed E-state index contributed by atoms with van der Waals surface area (Å²) in [5, 5.41) is 0.674. The lowest BCUT2D eigenvalue weighted by Crippen LogP contribution is -2.08. The molecule has 0 saturated carbocycles. The molecule has 2 nitrogen and oxygen atoms in total. The van der Waals surface area contributed by atoms with E-state index in [1.165, 1.54) is 18.2 Å². The fraction of sp³-hybridized carbons (Fsp3) is 0.0625. The van der Waals surface area contributed by atoms with Gasteiger partial charge in [-0.3, -0.25) is 4.79 Å². The molecule has 0 saturated heterocycles. The third kappa shape index (κ3) is 2.16. The average Bonchev–Trinajstić information content (AvgIpc) is 2.48. The van der Waals surface area contributed by atoms with Gasteiger partial charge in [-0.05, 0) is 23.8 Å². The van der Waals surface area contributed by atoms with Crippen molar-refractivity contribution in [1.82, 2.24) is 0 Å². The van der Waals surface area contributed by atoms with Crippen LogP contribution in [0, 0.1) is 5.82 Å². The van der Waals surface area contributed by atoms with E-state index >= 15 is 0 Å². The van der Waals surface area contributed by atoms with Crippen LogP contribution in [0.15, 0.2) is 57.7 Å². The molecule has 0 atom stereocenters. The van der Waals surface area contributed by atoms with Gasteiger partial charge in [0.05, 0.1) is 16.3 Å². The lowest BCUT2D eigenvalue weighted by atomic mass is 10.0. The molecule has 0 aliphatic rings. The van der Waals surface area contributed by atoms with Crippen molar-refractivity contribution in [2.75, 3.05) is 0 Å². The molecule has 0 spiro atoms. The van der Waals surface area contributed by atoms with Crippen LogP contribution < -0.4 is 5.43 Å². The van der Waals surface area contributed by atoms with Gasteiger partial charge >= 0.3 is 0 Å². The zero-order valence-corrected chi connectivity index (χ0v) is 12.0. The lowest BCUT2D eigenvalue weighted by molar-refractivity contribution is 0.561. The Morgan fingerprint density at radius 3 is 2.55 bits per heavy atom. The smallest absolute Gasteiger partial charge is 0.200 e. The second-order valence-corrected chi connectivity index (χ2v) is 4.93. The van der Waals surface area contributed by atoms with Gasteiger partial charge in [0, 0.05) is 0 Å². The van der Waals surface area contributed by atoms with Gasteiger partial charge in [-0.15, -0.1) is 0 Å². The minimum atomic E-state index is -0.449. The Labute approximate surface area is 123 Å². The summed E-state index contributed by atoms with van der Waals surface area (Å²) in [7, 11) is 0. The highest BCUT2D eigenvalue weighted by atomic mass is 79.9. The molecule has 20 heavy (non-hydrogen) atoms. The molecule has 0 bridgehead atoms. The zero-order chi connectivity index (χ0) is 14.1. The summed E-state index contributed by atoms with van der Waals surface area (Å²) in [5.41, 5.74) is 1.42. The maximum absolute atomic E-state index is 13.3. The molecule has 3 rings (SSSR count). The minimum Gasteiger partial charge on any atom is -0.459 e. The first-order chi connectivity index (χ1) is 9.70. The van der Waals surface area contributed by atoms with Gasteiger partial charge in [-0.2, -0.15) is 0 Å². The van der Waals surface area contributed by atoms with Crippen LogP contribution in [-0.4, -0.2) is 0 Å². The SMILES string of the molecule is O=c1c(-c2ccccc2)c(CBr)oc2ccc(F)cc12. The van der Waals surface area contributed by atoms with Crippen LogP contribution in [0.2, 0.25) is 0 Å². The first-order valence-corrected chi connectivity index (χ1v) is 7.19. The Morgan fingerprint density at radius 2 is 1.85 bits per heavy atom. The predicted octanol–water partition coefficient (Wildman–Crippen LogP) is 4.49. The molecule has 4 heteroatoms. The first-order valence-electron chi connectivity index (χ1n) is 6.07. The lowest BCUT2D eigenvalue weighted by Gasteiger charge is -2.08. The van der Waals surface area contributed by atoms with Crippen LogP contribution in [-0.2, 0) is 5.33 Å². The average molecular weight is 333 g/mol. The van der Waals surface area contributed by atoms with Crippen LogP contribution in [0.4, 0.5) is 4.39 Å². The van der Waals surface area contributed by atoms with Gasteiger partial charge in [0.2, 0.25) is 5.43 Å². The van der Waals surface area contributed by atoms with Gasteiger partial charge in [-0.25, -0.2) is 4.39 Å². The third-order valence-electron chi connectivity index (χ3n) is 3.11. The van der Waals surface area contributed by atoms with Crippen LogP contribution in [0.1, 0.15) is 5.76 Å². The van der Waals surface area contributed by atoms with Crippen molar-refractivity contribution in [3.63, 3.8) is 0 Å². The van der Waals surface area contributed by atoms with E-state index in [-0.39, 0.29) is 10.8 Å². The summed E-state index contributed by atoms with van der Waals surface area (Å²) < 4.78 is 19.1. The molecule has 100 valence electrons. The summed E-state index contributed by atoms with van der Waals surface area (Å²) in [5.74, 6) is 0.0933. The van der Waals surface area contributed by atoms with E-state index in [1.54, 1.807) is 0 Å². The van der Waals surface area contributed by atoms with Crippen LogP contribution in [0.25, 0.3) is 22.1 Å². The topological polar surface area (TPSA) is 30.2 Å². The van der Waals surface area contributed by atoms with Crippen molar-refractivity contribution in [3.05, 3.63) is 70.3 Å². The van der Waals surface area contributed by atoms with Crippen molar-refractivity contribution in [1.29, 1.82) is 0 Å². The highest BCUT2D eigenvalue weighted by molar-refractivity contribution is 9.08. The summed E-state index contributed by atoms with van der Waals surface area (Å²) in [6, 6.07) is 13.2. The Balaban J connectivity index is 2.41. The maximum atomic E-state index is 13.3. The zero-order valence-electron chi connectivity index (χ0n) is 10.4. The normalized spacial score (nSPS) is 10.9. The van der Waals surface area contributed by atoms with Gasteiger partial charge < -0.3 is 4.42 Å². The van der Waals surface area contributed by atoms with E-state index in [0.717, 1.165) is 5.56 Å². The molecule has 0 fully saturated rings. The number of rotatable bonds is 2. The molecule has 0 aliphatic carbocycles. The van der Waals surface area contributed by atoms with Crippen molar-refractivity contribution in [2.24, 2.45) is 0 Å². The first kappa shape index (κ1) is 13.1. The summed E-state index contributed by atoms with van der Waals surface area (Å²) in [4.78, 5) is 12.6. The Morgan fingerprint density at radius 1 is 1.10 bits per heavy atom. The number of hydrogen-bond acceptors (Lipinski definition) is 2. The molecule has 0 aliphatic heterocycles. The van der Waals surface area contributed by atoms with E-state index in [0.29, 0.717) is 22.2 Å². The number of halogens is 2. The standard InChI is InChI=1S/C16H10BrFO2/c17-9-14-15(10-4-2-1-3-5-10)16(19)12-8-11(18)6-7-13(12)20-14/h1-8H,9H2. The van der Waals surface area contributed by atoms with Crippen LogP contribution in [0.3, 0.4) is 0 Å². The van der Waals surface area contributed by atoms with Gasteiger partial charge in [0.1, 0.15) is 17.2 Å². The fourth-order valence-electron chi connectivity index (χ4n) is 2.20. The number of fused-ring (bicyclic) bond motifs is 1. The molecular weight excluding hydrogens is 323 g/mol. The van der Waals surface area contributed by atoms with Gasteiger partial charge in [0.15, 0.2) is 0 Å². The highest BCUT2D eigenvalue weighted by Crippen LogP contribution is 2.26. The van der Waals surface area contributed by atoms with Crippen LogP contribution in [0.5, 0.6) is 0 Å². The molecule has 0 radical (unpaired) electrons. The summed E-state index contributed by atoms with van der Waals surface area (Å²) in [6.07, 6.45) is 0. The van der Waals surface area contributed by atoms with Gasteiger partial charge in [-0.1, -0.05) is 46.3 Å². The Hall–Kier alpha value is -1.94. The predicted molar refractivity (Wildman–Crippen MR) is 80.5 cm³/mol. The van der Waals surface area contributed by atoms with E-state index in [2.05, 4.69) is 15.9 Å². The van der Waals surface area contributed by atoms with Crippen LogP contribution >= 0.6 is 15.9 Å². The van der Waals surface area contributed by atoms with Gasteiger partial charge in [0.25, 0.3) is 0 Å². The molecule has 3 aromatic rings. The molecular formula is C16H10BrFO2. The number of alkyl halides is 1. The fourth-order valence-corrected chi connectivity index (χ4v) is 2.60. The summed E-state index contributed by atoms with van der Waals surface area (Å²) >= 11 is 3.33.